The minimum absolute atomic E-state index is 0.0429. The van der Waals surface area contributed by atoms with Gasteiger partial charge in [-0.15, -0.1) is 0 Å². The van der Waals surface area contributed by atoms with E-state index in [2.05, 4.69) is 11.9 Å². The van der Waals surface area contributed by atoms with Gasteiger partial charge >= 0.3 is 5.97 Å². The number of carboxylic acids is 1. The van der Waals surface area contributed by atoms with E-state index in [4.69, 9.17) is 5.11 Å². The highest BCUT2D eigenvalue weighted by Crippen LogP contribution is 2.18. The Labute approximate surface area is 156 Å². The number of nitrogens with zero attached hydrogens (tertiary/aromatic N) is 1. The monoisotopic (exact) mass is 363 g/mol. The van der Waals surface area contributed by atoms with Crippen molar-refractivity contribution in [3.05, 3.63) is 35.7 Å². The van der Waals surface area contributed by atoms with Crippen molar-refractivity contribution in [2.45, 2.75) is 83.3 Å². The van der Waals surface area contributed by atoms with Gasteiger partial charge in [0.25, 0.3) is 0 Å². The summed E-state index contributed by atoms with van der Waals surface area (Å²) in [6, 6.07) is 5.36. The molecule has 1 rings (SSSR count). The number of aliphatic hydroxyl groups excluding tert-OH is 2. The van der Waals surface area contributed by atoms with Crippen LogP contribution in [-0.2, 0) is 4.79 Å². The minimum atomic E-state index is -0.860. The van der Waals surface area contributed by atoms with E-state index in [1.54, 1.807) is 18.2 Å². The Hall–Kier alpha value is -1.72. The molecule has 0 saturated heterocycles. The van der Waals surface area contributed by atoms with Gasteiger partial charge in [-0.2, -0.15) is 0 Å². The number of pyridine rings is 1. The van der Waals surface area contributed by atoms with Gasteiger partial charge in [0, 0.05) is 6.42 Å². The Morgan fingerprint density at radius 2 is 1.81 bits per heavy atom. The van der Waals surface area contributed by atoms with Crippen molar-refractivity contribution in [2.24, 2.45) is 0 Å². The van der Waals surface area contributed by atoms with E-state index < -0.39 is 18.2 Å². The molecule has 0 aliphatic rings. The highest BCUT2D eigenvalue weighted by atomic mass is 16.4. The maximum Gasteiger partial charge on any atom is 0.303 e. The maximum absolute atomic E-state index is 10.5. The normalized spacial score (nSPS) is 13.8. The fourth-order valence-corrected chi connectivity index (χ4v) is 2.78. The molecule has 0 radical (unpaired) electrons. The average Bonchev–Trinajstić information content (AvgIpc) is 2.62. The van der Waals surface area contributed by atoms with Gasteiger partial charge < -0.3 is 15.3 Å². The van der Waals surface area contributed by atoms with Gasteiger partial charge in [0.15, 0.2) is 0 Å². The molecular formula is C21H33NO4. The van der Waals surface area contributed by atoms with Crippen molar-refractivity contribution in [1.29, 1.82) is 0 Å². The lowest BCUT2D eigenvalue weighted by atomic mass is 10.1. The number of hydrogen-bond acceptors (Lipinski definition) is 4. The van der Waals surface area contributed by atoms with Crippen LogP contribution in [0.3, 0.4) is 0 Å². The van der Waals surface area contributed by atoms with Crippen molar-refractivity contribution >= 4 is 12.0 Å². The van der Waals surface area contributed by atoms with Crippen molar-refractivity contribution in [3.8, 4) is 0 Å². The first-order valence-electron chi connectivity index (χ1n) is 9.76. The quantitative estimate of drug-likeness (QED) is 0.424. The first-order chi connectivity index (χ1) is 12.5. The van der Waals surface area contributed by atoms with E-state index >= 15 is 0 Å². The van der Waals surface area contributed by atoms with Crippen LogP contribution in [0.25, 0.3) is 6.08 Å². The standard InChI is InChI=1S/C21H33NO4/c1-2-3-4-5-6-7-11-18(23)16-15-17-10-8-12-19(22-17)20(24)13-9-14-21(25)26/h8,10,12,15-16,18,20,23-24H,2-7,9,11,13-14H2,1H3,(H,25,26)/b16-15+/t18-,20+/m1/s1. The van der Waals surface area contributed by atoms with Gasteiger partial charge in [-0.3, -0.25) is 9.78 Å². The number of aliphatic hydroxyl groups is 2. The number of unbranched alkanes of at least 4 members (excludes halogenated alkanes) is 5. The molecule has 0 amide bonds. The Balaban J connectivity index is 2.39. The molecule has 146 valence electrons. The number of aliphatic carboxylic acids is 1. The largest absolute Gasteiger partial charge is 0.481 e. The lowest BCUT2D eigenvalue weighted by Crippen LogP contribution is -2.04. The summed E-state index contributed by atoms with van der Waals surface area (Å²) >= 11 is 0. The summed E-state index contributed by atoms with van der Waals surface area (Å²) < 4.78 is 0. The summed E-state index contributed by atoms with van der Waals surface area (Å²) in [6.45, 7) is 2.20. The van der Waals surface area contributed by atoms with Gasteiger partial charge in [0.2, 0.25) is 0 Å². The van der Waals surface area contributed by atoms with Crippen LogP contribution in [-0.4, -0.2) is 32.4 Å². The topological polar surface area (TPSA) is 90.7 Å². The summed E-state index contributed by atoms with van der Waals surface area (Å²) in [5, 5.41) is 28.8. The molecule has 0 aliphatic heterocycles. The van der Waals surface area contributed by atoms with Gasteiger partial charge in [-0.1, -0.05) is 57.6 Å². The van der Waals surface area contributed by atoms with Gasteiger partial charge in [0.05, 0.1) is 23.6 Å². The molecule has 0 fully saturated rings. The molecule has 0 aliphatic carbocycles. The molecule has 1 aromatic heterocycles. The third-order valence-electron chi connectivity index (χ3n) is 4.34. The van der Waals surface area contributed by atoms with Crippen LogP contribution in [0.2, 0.25) is 0 Å². The van der Waals surface area contributed by atoms with E-state index in [9.17, 15) is 15.0 Å². The Morgan fingerprint density at radius 1 is 1.08 bits per heavy atom. The SMILES string of the molecule is CCCCCCCC[C@@H](O)/C=C/c1cccc([C@@H](O)CCCC(=O)O)n1. The third-order valence-corrected chi connectivity index (χ3v) is 4.34. The summed E-state index contributed by atoms with van der Waals surface area (Å²) in [6.07, 6.45) is 11.0. The molecule has 0 unspecified atom stereocenters. The number of carbonyl (C=O) groups is 1. The second-order valence-electron chi connectivity index (χ2n) is 6.77. The third kappa shape index (κ3) is 10.3. The van der Waals surface area contributed by atoms with Crippen molar-refractivity contribution in [3.63, 3.8) is 0 Å². The summed E-state index contributed by atoms with van der Waals surface area (Å²) in [5.41, 5.74) is 1.21. The molecular weight excluding hydrogens is 330 g/mol. The Bertz CT molecular complexity index is 545. The van der Waals surface area contributed by atoms with Crippen LogP contribution >= 0.6 is 0 Å². The van der Waals surface area contributed by atoms with E-state index in [1.165, 1.54) is 25.7 Å². The van der Waals surface area contributed by atoms with Crippen LogP contribution < -0.4 is 0 Å². The summed E-state index contributed by atoms with van der Waals surface area (Å²) in [4.78, 5) is 14.9. The smallest absolute Gasteiger partial charge is 0.303 e. The fourth-order valence-electron chi connectivity index (χ4n) is 2.78. The molecule has 3 N–H and O–H groups in total. The molecule has 0 aromatic carbocycles. The minimum Gasteiger partial charge on any atom is -0.481 e. The van der Waals surface area contributed by atoms with Crippen LogP contribution in [0.15, 0.2) is 24.3 Å². The first-order valence-corrected chi connectivity index (χ1v) is 9.76. The van der Waals surface area contributed by atoms with Crippen LogP contribution in [0, 0.1) is 0 Å². The van der Waals surface area contributed by atoms with Crippen LogP contribution in [0.1, 0.15) is 88.6 Å². The van der Waals surface area contributed by atoms with Crippen molar-refractivity contribution < 1.29 is 20.1 Å². The number of aromatic nitrogens is 1. The number of hydrogen-bond donors (Lipinski definition) is 3. The predicted octanol–water partition coefficient (Wildman–Crippen LogP) is 4.49. The lowest BCUT2D eigenvalue weighted by Gasteiger charge is -2.10. The maximum atomic E-state index is 10.5. The summed E-state index contributed by atoms with van der Waals surface area (Å²) in [7, 11) is 0. The van der Waals surface area contributed by atoms with Gasteiger partial charge in [0.1, 0.15) is 0 Å². The van der Waals surface area contributed by atoms with E-state index in [0.29, 0.717) is 24.2 Å². The highest BCUT2D eigenvalue weighted by Gasteiger charge is 2.10. The average molecular weight is 363 g/mol. The first kappa shape index (κ1) is 22.3. The lowest BCUT2D eigenvalue weighted by molar-refractivity contribution is -0.137. The molecule has 5 heteroatoms. The second kappa shape index (κ2) is 13.5. The zero-order chi connectivity index (χ0) is 19.2. The molecule has 0 saturated carbocycles. The zero-order valence-electron chi connectivity index (χ0n) is 15.8. The Morgan fingerprint density at radius 3 is 2.54 bits per heavy atom. The van der Waals surface area contributed by atoms with Crippen molar-refractivity contribution in [1.82, 2.24) is 4.98 Å². The highest BCUT2D eigenvalue weighted by molar-refractivity contribution is 5.66. The number of rotatable bonds is 14. The van der Waals surface area contributed by atoms with Crippen molar-refractivity contribution in [2.75, 3.05) is 0 Å². The molecule has 26 heavy (non-hydrogen) atoms. The molecule has 5 nitrogen and oxygen atoms in total. The number of carboxylic acid groups (broad SMARTS) is 1. The van der Waals surface area contributed by atoms with E-state index in [0.717, 1.165) is 19.3 Å². The molecule has 1 aromatic rings. The fraction of sp³-hybridized carbons (Fsp3) is 0.619. The van der Waals surface area contributed by atoms with E-state index in [-0.39, 0.29) is 6.42 Å². The second-order valence-corrected chi connectivity index (χ2v) is 6.77. The molecule has 0 spiro atoms. The summed E-state index contributed by atoms with van der Waals surface area (Å²) in [5.74, 6) is -0.860. The Kier molecular flexibility index (Phi) is 11.6. The molecule has 2 atom stereocenters. The zero-order valence-corrected chi connectivity index (χ0v) is 15.8. The molecule has 0 bridgehead atoms. The van der Waals surface area contributed by atoms with Crippen LogP contribution in [0.5, 0.6) is 0 Å². The predicted molar refractivity (Wildman–Crippen MR) is 104 cm³/mol. The van der Waals surface area contributed by atoms with Crippen LogP contribution in [0.4, 0.5) is 0 Å². The van der Waals surface area contributed by atoms with E-state index in [1.807, 2.05) is 12.1 Å². The van der Waals surface area contributed by atoms with Gasteiger partial charge in [-0.25, -0.2) is 0 Å². The molecule has 1 heterocycles. The van der Waals surface area contributed by atoms with Gasteiger partial charge in [-0.05, 0) is 37.5 Å².